The van der Waals surface area contributed by atoms with Gasteiger partial charge in [0.25, 0.3) is 11.6 Å². The van der Waals surface area contributed by atoms with Crippen molar-refractivity contribution in [2.24, 2.45) is 5.10 Å². The van der Waals surface area contributed by atoms with E-state index in [-0.39, 0.29) is 11.6 Å². The third-order valence-corrected chi connectivity index (χ3v) is 4.77. The Bertz CT molecular complexity index is 1350. The third-order valence-electron chi connectivity index (χ3n) is 4.77. The van der Waals surface area contributed by atoms with E-state index in [2.05, 4.69) is 15.5 Å². The van der Waals surface area contributed by atoms with Crippen LogP contribution in [0.1, 0.15) is 15.9 Å². The van der Waals surface area contributed by atoms with Gasteiger partial charge in [0.1, 0.15) is 0 Å². The van der Waals surface area contributed by atoms with Gasteiger partial charge in [-0.25, -0.2) is 10.4 Å². The molecule has 32 heavy (non-hydrogen) atoms. The van der Waals surface area contributed by atoms with Crippen molar-refractivity contribution in [3.8, 4) is 11.3 Å². The Balaban J connectivity index is 1.56. The van der Waals surface area contributed by atoms with Crippen LogP contribution in [0.25, 0.3) is 28.2 Å². The first-order valence-corrected chi connectivity index (χ1v) is 9.82. The number of aromatic nitrogens is 1. The first-order chi connectivity index (χ1) is 15.6. The van der Waals surface area contributed by atoms with Crippen molar-refractivity contribution < 1.29 is 9.72 Å². The van der Waals surface area contributed by atoms with Gasteiger partial charge < -0.3 is 0 Å². The van der Waals surface area contributed by atoms with Crippen LogP contribution in [-0.4, -0.2) is 22.0 Å². The summed E-state index contributed by atoms with van der Waals surface area (Å²) in [4.78, 5) is 28.1. The van der Waals surface area contributed by atoms with Crippen molar-refractivity contribution in [2.75, 3.05) is 0 Å². The van der Waals surface area contributed by atoms with Crippen LogP contribution in [0.5, 0.6) is 0 Å². The highest BCUT2D eigenvalue weighted by Crippen LogP contribution is 2.24. The minimum absolute atomic E-state index is 0.00196. The topological polar surface area (TPSA) is 97.5 Å². The van der Waals surface area contributed by atoms with E-state index in [9.17, 15) is 14.9 Å². The van der Waals surface area contributed by atoms with Crippen LogP contribution in [0.4, 0.5) is 5.69 Å². The molecular weight excluding hydrogens is 404 g/mol. The van der Waals surface area contributed by atoms with Gasteiger partial charge in [-0.05, 0) is 30.4 Å². The zero-order chi connectivity index (χ0) is 22.3. The molecule has 0 unspecified atom stereocenters. The number of hydrogen-bond donors (Lipinski definition) is 1. The number of nitrogens with zero attached hydrogens (tertiary/aromatic N) is 3. The molecule has 1 heterocycles. The summed E-state index contributed by atoms with van der Waals surface area (Å²) in [6.45, 7) is 0. The monoisotopic (exact) mass is 422 g/mol. The Morgan fingerprint density at radius 1 is 0.969 bits per heavy atom. The van der Waals surface area contributed by atoms with Crippen LogP contribution < -0.4 is 5.43 Å². The maximum Gasteiger partial charge on any atom is 0.276 e. The second-order valence-electron chi connectivity index (χ2n) is 6.83. The van der Waals surface area contributed by atoms with E-state index in [4.69, 9.17) is 0 Å². The number of fused-ring (bicyclic) bond motifs is 1. The van der Waals surface area contributed by atoms with Crippen molar-refractivity contribution in [2.45, 2.75) is 0 Å². The number of benzene rings is 3. The normalized spacial score (nSPS) is 11.2. The maximum absolute atomic E-state index is 12.9. The van der Waals surface area contributed by atoms with Gasteiger partial charge >= 0.3 is 0 Å². The molecule has 0 aliphatic heterocycles. The number of para-hydroxylation sites is 2. The van der Waals surface area contributed by atoms with Gasteiger partial charge in [0.2, 0.25) is 0 Å². The summed E-state index contributed by atoms with van der Waals surface area (Å²) in [5.74, 6) is -0.379. The summed E-state index contributed by atoms with van der Waals surface area (Å²) in [6, 6.07) is 25.2. The Hall–Kier alpha value is -4.65. The van der Waals surface area contributed by atoms with Gasteiger partial charge in [0.05, 0.1) is 27.3 Å². The summed E-state index contributed by atoms with van der Waals surface area (Å²) >= 11 is 0. The van der Waals surface area contributed by atoms with Crippen LogP contribution in [0.2, 0.25) is 0 Å². The zero-order valence-corrected chi connectivity index (χ0v) is 16.9. The van der Waals surface area contributed by atoms with Crippen molar-refractivity contribution in [1.29, 1.82) is 0 Å². The lowest BCUT2D eigenvalue weighted by molar-refractivity contribution is -0.385. The van der Waals surface area contributed by atoms with Crippen LogP contribution in [0.15, 0.2) is 96.1 Å². The van der Waals surface area contributed by atoms with Crippen molar-refractivity contribution in [3.63, 3.8) is 0 Å². The average Bonchev–Trinajstić information content (AvgIpc) is 2.83. The molecule has 0 bridgehead atoms. The van der Waals surface area contributed by atoms with Gasteiger partial charge in [0, 0.05) is 23.2 Å². The molecule has 0 spiro atoms. The van der Waals surface area contributed by atoms with Gasteiger partial charge in [-0.3, -0.25) is 14.9 Å². The van der Waals surface area contributed by atoms with Crippen molar-refractivity contribution >= 4 is 34.8 Å². The highest BCUT2D eigenvalue weighted by molar-refractivity contribution is 6.07. The molecule has 4 rings (SSSR count). The molecule has 0 aliphatic carbocycles. The molecule has 0 saturated heterocycles. The predicted octanol–water partition coefficient (Wildman–Crippen LogP) is 5.24. The molecule has 7 nitrogen and oxygen atoms in total. The second-order valence-corrected chi connectivity index (χ2v) is 6.83. The lowest BCUT2D eigenvalue weighted by atomic mass is 10.0. The van der Waals surface area contributed by atoms with E-state index < -0.39 is 4.92 Å². The number of nitro groups is 1. The van der Waals surface area contributed by atoms with Crippen LogP contribution >= 0.6 is 0 Å². The summed E-state index contributed by atoms with van der Waals surface area (Å²) < 4.78 is 0. The number of carbonyl (C=O) groups excluding carboxylic acids is 1. The minimum atomic E-state index is -0.447. The number of hydrazone groups is 1. The minimum Gasteiger partial charge on any atom is -0.267 e. The molecule has 0 atom stereocenters. The predicted molar refractivity (Wildman–Crippen MR) is 125 cm³/mol. The van der Waals surface area contributed by atoms with E-state index in [0.717, 1.165) is 10.9 Å². The molecule has 7 heteroatoms. The third kappa shape index (κ3) is 4.57. The summed E-state index contributed by atoms with van der Waals surface area (Å²) in [5, 5.41) is 15.7. The average molecular weight is 422 g/mol. The largest absolute Gasteiger partial charge is 0.276 e. The van der Waals surface area contributed by atoms with Crippen LogP contribution in [0.3, 0.4) is 0 Å². The number of rotatable bonds is 6. The second kappa shape index (κ2) is 9.44. The number of pyridine rings is 1. The standard InChI is InChI=1S/C25H18N4O3/c30-25(28-26-16-8-12-19-11-4-7-15-24(19)29(31)32)21-17-23(18-9-2-1-3-10-18)27-22-14-6-5-13-20(21)22/h1-17H,(H,28,30). The van der Waals surface area contributed by atoms with Crippen molar-refractivity contribution in [1.82, 2.24) is 10.4 Å². The lowest BCUT2D eigenvalue weighted by Crippen LogP contribution is -2.18. The van der Waals surface area contributed by atoms with E-state index in [0.29, 0.717) is 22.3 Å². The summed E-state index contributed by atoms with van der Waals surface area (Å²) in [5.41, 5.74) is 5.71. The van der Waals surface area contributed by atoms with E-state index in [1.165, 1.54) is 18.4 Å². The molecular formula is C25H18N4O3. The van der Waals surface area contributed by atoms with Crippen molar-refractivity contribution in [3.05, 3.63) is 112 Å². The quantitative estimate of drug-likeness (QED) is 0.261. The fourth-order valence-electron chi connectivity index (χ4n) is 3.26. The van der Waals surface area contributed by atoms with Gasteiger partial charge in [-0.1, -0.05) is 60.7 Å². The van der Waals surface area contributed by atoms with E-state index in [1.807, 2.05) is 54.6 Å². The number of carbonyl (C=O) groups is 1. The molecule has 1 aromatic heterocycles. The molecule has 1 N–H and O–H groups in total. The molecule has 0 fully saturated rings. The Kier molecular flexibility index (Phi) is 6.08. The summed E-state index contributed by atoms with van der Waals surface area (Å²) in [7, 11) is 0. The number of amides is 1. The number of nitro benzene ring substituents is 1. The SMILES string of the molecule is O=C(NN=CC=Cc1ccccc1[N+](=O)[O-])c1cc(-c2ccccc2)nc2ccccc12. The molecule has 0 radical (unpaired) electrons. The first-order valence-electron chi connectivity index (χ1n) is 9.82. The maximum atomic E-state index is 12.9. The fourth-order valence-corrected chi connectivity index (χ4v) is 3.26. The fraction of sp³-hybridized carbons (Fsp3) is 0. The molecule has 3 aromatic carbocycles. The Morgan fingerprint density at radius 2 is 1.69 bits per heavy atom. The summed E-state index contributed by atoms with van der Waals surface area (Å²) in [6.07, 6.45) is 4.46. The molecule has 4 aromatic rings. The van der Waals surface area contributed by atoms with Crippen LogP contribution in [-0.2, 0) is 0 Å². The molecule has 0 saturated carbocycles. The van der Waals surface area contributed by atoms with Crippen LogP contribution in [0, 0.1) is 10.1 Å². The first kappa shape index (κ1) is 20.6. The Labute approximate surface area is 183 Å². The highest BCUT2D eigenvalue weighted by atomic mass is 16.6. The molecule has 1 amide bonds. The number of nitrogens with one attached hydrogen (secondary N) is 1. The molecule has 0 aliphatic rings. The Morgan fingerprint density at radius 3 is 2.50 bits per heavy atom. The van der Waals surface area contributed by atoms with E-state index >= 15 is 0 Å². The van der Waals surface area contributed by atoms with Gasteiger partial charge in [-0.15, -0.1) is 0 Å². The zero-order valence-electron chi connectivity index (χ0n) is 16.9. The number of allylic oxidation sites excluding steroid dienone is 1. The van der Waals surface area contributed by atoms with Gasteiger partial charge in [-0.2, -0.15) is 5.10 Å². The van der Waals surface area contributed by atoms with Gasteiger partial charge in [0.15, 0.2) is 0 Å². The molecule has 156 valence electrons. The lowest BCUT2D eigenvalue weighted by Gasteiger charge is -2.08. The number of hydrogen-bond acceptors (Lipinski definition) is 5. The smallest absolute Gasteiger partial charge is 0.267 e. The highest BCUT2D eigenvalue weighted by Gasteiger charge is 2.13. The van der Waals surface area contributed by atoms with E-state index in [1.54, 1.807) is 30.3 Å².